The molecule has 2 heterocycles. The molecule has 0 aliphatic carbocycles. The Hall–Kier alpha value is -2.40. The van der Waals surface area contributed by atoms with Crippen LogP contribution in [-0.2, 0) is 4.79 Å². The van der Waals surface area contributed by atoms with E-state index in [4.69, 9.17) is 0 Å². The summed E-state index contributed by atoms with van der Waals surface area (Å²) in [6, 6.07) is 18.3. The van der Waals surface area contributed by atoms with Gasteiger partial charge < -0.3 is 10.2 Å². The molecule has 5 heteroatoms. The van der Waals surface area contributed by atoms with Gasteiger partial charge in [-0.15, -0.1) is 0 Å². The fourth-order valence-corrected chi connectivity index (χ4v) is 4.43. The van der Waals surface area contributed by atoms with Crippen LogP contribution in [0.5, 0.6) is 0 Å². The van der Waals surface area contributed by atoms with Crippen LogP contribution in [0.4, 0.5) is 5.13 Å². The largest absolute Gasteiger partial charge is 0.350 e. The number of amides is 1. The Kier molecular flexibility index (Phi) is 4.40. The summed E-state index contributed by atoms with van der Waals surface area (Å²) in [5.74, 6) is 0.144. The minimum atomic E-state index is -0.287. The maximum absolute atomic E-state index is 13.0. The second-order valence-electron chi connectivity index (χ2n) is 6.45. The first-order valence-electron chi connectivity index (χ1n) is 8.70. The molecule has 3 aromatic rings. The summed E-state index contributed by atoms with van der Waals surface area (Å²) in [6.07, 6.45) is 2.09. The fourth-order valence-electron chi connectivity index (χ4n) is 3.48. The van der Waals surface area contributed by atoms with E-state index in [2.05, 4.69) is 28.5 Å². The monoisotopic (exact) mass is 351 g/mol. The smallest absolute Gasteiger partial charge is 0.245 e. The van der Waals surface area contributed by atoms with Gasteiger partial charge in [0.05, 0.1) is 16.3 Å². The number of anilines is 1. The second kappa shape index (κ2) is 6.84. The SMILES string of the molecule is CC(Nc1nc2ccccc2s1)C(=O)N1CCCC1c1ccccc1. The van der Waals surface area contributed by atoms with Gasteiger partial charge in [0.15, 0.2) is 5.13 Å². The number of para-hydroxylation sites is 1. The van der Waals surface area contributed by atoms with Gasteiger partial charge in [0.25, 0.3) is 0 Å². The van der Waals surface area contributed by atoms with Crippen molar-refractivity contribution in [3.05, 3.63) is 60.2 Å². The lowest BCUT2D eigenvalue weighted by molar-refractivity contribution is -0.132. The molecule has 2 aromatic carbocycles. The highest BCUT2D eigenvalue weighted by atomic mass is 32.1. The van der Waals surface area contributed by atoms with Crippen molar-refractivity contribution in [1.82, 2.24) is 9.88 Å². The maximum atomic E-state index is 13.0. The van der Waals surface area contributed by atoms with Crippen molar-refractivity contribution in [3.63, 3.8) is 0 Å². The van der Waals surface area contributed by atoms with E-state index in [0.717, 1.165) is 34.7 Å². The summed E-state index contributed by atoms with van der Waals surface area (Å²) in [5, 5.41) is 4.10. The molecule has 0 saturated carbocycles. The molecule has 0 spiro atoms. The van der Waals surface area contributed by atoms with Crippen LogP contribution in [0.3, 0.4) is 0 Å². The Bertz CT molecular complexity index is 844. The molecule has 1 aliphatic heterocycles. The number of benzene rings is 2. The van der Waals surface area contributed by atoms with Crippen molar-refractivity contribution in [3.8, 4) is 0 Å². The second-order valence-corrected chi connectivity index (χ2v) is 7.48. The van der Waals surface area contributed by atoms with Gasteiger partial charge in [-0.05, 0) is 37.5 Å². The molecule has 1 N–H and O–H groups in total. The van der Waals surface area contributed by atoms with Gasteiger partial charge in [0, 0.05) is 6.54 Å². The van der Waals surface area contributed by atoms with Crippen molar-refractivity contribution in [1.29, 1.82) is 0 Å². The number of carbonyl (C=O) groups is 1. The third-order valence-electron chi connectivity index (χ3n) is 4.72. The zero-order chi connectivity index (χ0) is 17.2. The molecular formula is C20H21N3OS. The highest BCUT2D eigenvalue weighted by molar-refractivity contribution is 7.22. The van der Waals surface area contributed by atoms with E-state index in [1.54, 1.807) is 11.3 Å². The quantitative estimate of drug-likeness (QED) is 0.755. The van der Waals surface area contributed by atoms with Crippen LogP contribution >= 0.6 is 11.3 Å². The number of thiazole rings is 1. The Labute approximate surface area is 151 Å². The van der Waals surface area contributed by atoms with Gasteiger partial charge in [0.1, 0.15) is 6.04 Å². The first kappa shape index (κ1) is 16.1. The van der Waals surface area contributed by atoms with Crippen LogP contribution in [-0.4, -0.2) is 28.4 Å². The molecule has 128 valence electrons. The van der Waals surface area contributed by atoms with E-state index in [0.29, 0.717) is 0 Å². The molecule has 4 nitrogen and oxygen atoms in total. The van der Waals surface area contributed by atoms with Gasteiger partial charge >= 0.3 is 0 Å². The van der Waals surface area contributed by atoms with E-state index < -0.39 is 0 Å². The maximum Gasteiger partial charge on any atom is 0.245 e. The molecule has 2 unspecified atom stereocenters. The summed E-state index contributed by atoms with van der Waals surface area (Å²) in [6.45, 7) is 2.75. The first-order chi connectivity index (χ1) is 12.2. The van der Waals surface area contributed by atoms with Crippen molar-refractivity contribution in [2.75, 3.05) is 11.9 Å². The predicted molar refractivity (Wildman–Crippen MR) is 103 cm³/mol. The number of aromatic nitrogens is 1. The minimum Gasteiger partial charge on any atom is -0.350 e. The molecule has 1 aliphatic rings. The zero-order valence-corrected chi connectivity index (χ0v) is 15.0. The van der Waals surface area contributed by atoms with E-state index in [-0.39, 0.29) is 18.0 Å². The van der Waals surface area contributed by atoms with Gasteiger partial charge in [-0.1, -0.05) is 53.8 Å². The average molecular weight is 351 g/mol. The molecular weight excluding hydrogens is 330 g/mol. The number of likely N-dealkylation sites (tertiary alicyclic amines) is 1. The van der Waals surface area contributed by atoms with E-state index in [1.807, 2.05) is 48.2 Å². The molecule has 2 atom stereocenters. The lowest BCUT2D eigenvalue weighted by Crippen LogP contribution is -2.40. The lowest BCUT2D eigenvalue weighted by Gasteiger charge is -2.28. The molecule has 0 bridgehead atoms. The molecule has 1 aromatic heterocycles. The van der Waals surface area contributed by atoms with Crippen LogP contribution in [0.15, 0.2) is 54.6 Å². The summed E-state index contributed by atoms with van der Waals surface area (Å²) in [5.41, 5.74) is 2.19. The van der Waals surface area contributed by atoms with E-state index in [9.17, 15) is 4.79 Å². The van der Waals surface area contributed by atoms with Crippen molar-refractivity contribution in [2.45, 2.75) is 31.8 Å². The number of nitrogens with one attached hydrogen (secondary N) is 1. The Morgan fingerprint density at radius 2 is 1.96 bits per heavy atom. The van der Waals surface area contributed by atoms with Crippen LogP contribution in [0, 0.1) is 0 Å². The van der Waals surface area contributed by atoms with Gasteiger partial charge in [0.2, 0.25) is 5.91 Å². The minimum absolute atomic E-state index is 0.144. The Morgan fingerprint density at radius 3 is 2.76 bits per heavy atom. The number of fused-ring (bicyclic) bond motifs is 1. The Balaban J connectivity index is 1.49. The molecule has 25 heavy (non-hydrogen) atoms. The summed E-state index contributed by atoms with van der Waals surface area (Å²) >= 11 is 1.59. The van der Waals surface area contributed by atoms with Crippen molar-refractivity contribution < 1.29 is 4.79 Å². The summed E-state index contributed by atoms with van der Waals surface area (Å²) in [4.78, 5) is 19.6. The molecule has 1 saturated heterocycles. The number of hydrogen-bond donors (Lipinski definition) is 1. The van der Waals surface area contributed by atoms with Gasteiger partial charge in [-0.25, -0.2) is 4.98 Å². The Morgan fingerprint density at radius 1 is 1.20 bits per heavy atom. The molecule has 1 fully saturated rings. The van der Waals surface area contributed by atoms with Gasteiger partial charge in [-0.3, -0.25) is 4.79 Å². The highest BCUT2D eigenvalue weighted by Crippen LogP contribution is 2.33. The van der Waals surface area contributed by atoms with Crippen molar-refractivity contribution >= 4 is 32.6 Å². The van der Waals surface area contributed by atoms with E-state index >= 15 is 0 Å². The lowest BCUT2D eigenvalue weighted by atomic mass is 10.0. The first-order valence-corrected chi connectivity index (χ1v) is 9.51. The number of carbonyl (C=O) groups excluding carboxylic acids is 1. The molecule has 0 radical (unpaired) electrons. The van der Waals surface area contributed by atoms with Crippen LogP contribution in [0.2, 0.25) is 0 Å². The normalized spacial score (nSPS) is 18.4. The summed E-state index contributed by atoms with van der Waals surface area (Å²) in [7, 11) is 0. The number of rotatable bonds is 4. The number of nitrogens with zero attached hydrogens (tertiary/aromatic N) is 2. The third-order valence-corrected chi connectivity index (χ3v) is 5.69. The molecule has 4 rings (SSSR count). The molecule has 1 amide bonds. The summed E-state index contributed by atoms with van der Waals surface area (Å²) < 4.78 is 1.13. The van der Waals surface area contributed by atoms with Crippen LogP contribution in [0.1, 0.15) is 31.4 Å². The standard InChI is InChI=1S/C20H21N3OS/c1-14(21-20-22-16-10-5-6-12-18(16)25-20)19(24)23-13-7-11-17(23)15-8-3-2-4-9-15/h2-6,8-10,12,14,17H,7,11,13H2,1H3,(H,21,22). The fraction of sp³-hybridized carbons (Fsp3) is 0.300. The predicted octanol–water partition coefficient (Wildman–Crippen LogP) is 4.46. The third kappa shape index (κ3) is 3.24. The van der Waals surface area contributed by atoms with E-state index in [1.165, 1.54) is 5.56 Å². The van der Waals surface area contributed by atoms with Gasteiger partial charge in [-0.2, -0.15) is 0 Å². The zero-order valence-electron chi connectivity index (χ0n) is 14.2. The highest BCUT2D eigenvalue weighted by Gasteiger charge is 2.32. The average Bonchev–Trinajstić information content (AvgIpc) is 3.28. The van der Waals surface area contributed by atoms with Crippen LogP contribution in [0.25, 0.3) is 10.2 Å². The number of hydrogen-bond acceptors (Lipinski definition) is 4. The van der Waals surface area contributed by atoms with Crippen molar-refractivity contribution in [2.24, 2.45) is 0 Å². The topological polar surface area (TPSA) is 45.2 Å². The van der Waals surface area contributed by atoms with Crippen LogP contribution < -0.4 is 5.32 Å².